The molecule has 3 aliphatic rings. The molecule has 1 aromatic rings. The summed E-state index contributed by atoms with van der Waals surface area (Å²) in [5.74, 6) is -3.88. The maximum absolute atomic E-state index is 13.7. The normalized spacial score (nSPS) is 31.9. The van der Waals surface area contributed by atoms with E-state index in [2.05, 4.69) is 16.0 Å². The Hall–Kier alpha value is -3.66. The predicted molar refractivity (Wildman–Crippen MR) is 147 cm³/mol. The van der Waals surface area contributed by atoms with Crippen LogP contribution in [0, 0.1) is 17.8 Å². The third-order valence-electron chi connectivity index (χ3n) is 8.32. The van der Waals surface area contributed by atoms with Gasteiger partial charge in [-0.25, -0.2) is 0 Å². The lowest BCUT2D eigenvalue weighted by Gasteiger charge is -2.37. The van der Waals surface area contributed by atoms with Gasteiger partial charge >= 0.3 is 5.97 Å². The number of cyclic esters (lactones) is 1. The third kappa shape index (κ3) is 6.55. The summed E-state index contributed by atoms with van der Waals surface area (Å²) in [6.07, 6.45) is 6.95. The lowest BCUT2D eigenvalue weighted by molar-refractivity contribution is -0.169. The molecule has 5 N–H and O–H groups in total. The number of hydrogen-bond acceptors (Lipinski definition) is 7. The van der Waals surface area contributed by atoms with E-state index in [9.17, 15) is 29.4 Å². The average Bonchev–Trinajstić information content (AvgIpc) is 2.89. The molecule has 4 rings (SSSR count). The highest BCUT2D eigenvalue weighted by molar-refractivity contribution is 6.00. The van der Waals surface area contributed by atoms with Crippen molar-refractivity contribution in [3.8, 4) is 5.75 Å². The molecule has 1 saturated carbocycles. The van der Waals surface area contributed by atoms with Crippen molar-refractivity contribution in [2.75, 3.05) is 0 Å². The zero-order valence-electron chi connectivity index (χ0n) is 23.1. The first kappa shape index (κ1) is 29.3. The van der Waals surface area contributed by atoms with E-state index in [-0.39, 0.29) is 29.6 Å². The van der Waals surface area contributed by atoms with E-state index >= 15 is 0 Å². The maximum atomic E-state index is 13.7. The summed E-state index contributed by atoms with van der Waals surface area (Å²) in [4.78, 5) is 53.3. The molecule has 2 unspecified atom stereocenters. The second-order valence-electron chi connectivity index (χ2n) is 11.2. The van der Waals surface area contributed by atoms with Gasteiger partial charge in [-0.05, 0) is 57.6 Å². The summed E-state index contributed by atoms with van der Waals surface area (Å²) in [6, 6.07) is 2.91. The minimum Gasteiger partial charge on any atom is -0.507 e. The summed E-state index contributed by atoms with van der Waals surface area (Å²) < 4.78 is 5.69. The number of phenolic OH excluding ortho intramolecular Hbond substituents is 1. The first-order valence-electron chi connectivity index (χ1n) is 14.0. The fourth-order valence-corrected chi connectivity index (χ4v) is 5.36. The number of rotatable bonds is 5. The van der Waals surface area contributed by atoms with Gasteiger partial charge in [-0.1, -0.05) is 49.3 Å². The minimum absolute atomic E-state index is 0.0283. The van der Waals surface area contributed by atoms with E-state index in [4.69, 9.17) is 4.74 Å². The van der Waals surface area contributed by atoms with Crippen molar-refractivity contribution in [2.24, 2.45) is 17.8 Å². The molecule has 40 heavy (non-hydrogen) atoms. The van der Waals surface area contributed by atoms with Gasteiger partial charge in [0.15, 0.2) is 6.10 Å². The van der Waals surface area contributed by atoms with Gasteiger partial charge in [-0.2, -0.15) is 0 Å². The molecule has 1 aromatic carbocycles. The van der Waals surface area contributed by atoms with Crippen molar-refractivity contribution in [1.82, 2.24) is 16.0 Å². The van der Waals surface area contributed by atoms with Gasteiger partial charge in [-0.3, -0.25) is 19.2 Å². The Bertz CT molecular complexity index is 1190. The van der Waals surface area contributed by atoms with Gasteiger partial charge in [0.2, 0.25) is 5.91 Å². The molecule has 0 bridgehead atoms. The highest BCUT2D eigenvalue weighted by Crippen LogP contribution is 2.33. The number of ether oxygens (including phenoxy) is 1. The van der Waals surface area contributed by atoms with E-state index in [0.717, 1.165) is 18.4 Å². The van der Waals surface area contributed by atoms with Crippen LogP contribution in [-0.4, -0.2) is 64.2 Å². The van der Waals surface area contributed by atoms with Gasteiger partial charge in [0, 0.05) is 5.92 Å². The molecule has 3 amide bonds. The fraction of sp³-hybridized carbons (Fsp3) is 0.533. The van der Waals surface area contributed by atoms with Crippen LogP contribution in [0.25, 0.3) is 0 Å². The van der Waals surface area contributed by atoms with Gasteiger partial charge < -0.3 is 30.9 Å². The molecule has 1 aliphatic heterocycles. The lowest BCUT2D eigenvalue weighted by Crippen LogP contribution is -2.62. The number of aliphatic hydroxyl groups is 1. The molecule has 0 radical (unpaired) electrons. The van der Waals surface area contributed by atoms with E-state index in [1.165, 1.54) is 19.1 Å². The largest absolute Gasteiger partial charge is 0.507 e. The minimum atomic E-state index is -1.31. The smallest absolute Gasteiger partial charge is 0.312 e. The molecule has 7 atom stereocenters. The number of esters is 1. The van der Waals surface area contributed by atoms with Crippen LogP contribution in [0.2, 0.25) is 0 Å². The van der Waals surface area contributed by atoms with Crippen molar-refractivity contribution < 1.29 is 34.1 Å². The highest BCUT2D eigenvalue weighted by atomic mass is 16.5. The number of allylic oxidation sites excluding steroid dienone is 3. The van der Waals surface area contributed by atoms with Crippen LogP contribution in [-0.2, 0) is 19.1 Å². The molecule has 1 heterocycles. The Morgan fingerprint density at radius 1 is 1.07 bits per heavy atom. The summed E-state index contributed by atoms with van der Waals surface area (Å²) in [6.45, 7) is 5.14. The Morgan fingerprint density at radius 3 is 2.45 bits per heavy atom. The number of aromatic hydroxyl groups is 1. The van der Waals surface area contributed by atoms with Crippen LogP contribution in [0.1, 0.15) is 63.2 Å². The third-order valence-corrected chi connectivity index (χ3v) is 8.32. The molecule has 1 saturated heterocycles. The fourth-order valence-electron chi connectivity index (χ4n) is 5.36. The second kappa shape index (κ2) is 12.7. The number of phenols is 1. The standard InChI is InChI=1S/C30H39N3O7/c1-16-9-4-5-10-20(16)15-22-25(35)17(2)30(39)40-26(19-11-8-12-19)29(38)31-18(3)24(28(37)32-22)33-27(36)21-13-6-7-14-23(21)34/h4-7,10,13-14,16-19,22,24-26,34-35H,8-9,11-12,15H2,1-3H3,(H,31,38)(H,32,37)(H,33,36)/t16?,17-,18-,22+,24+,25+,26?/m1/s1. The van der Waals surface area contributed by atoms with Crippen molar-refractivity contribution in [3.05, 3.63) is 53.6 Å². The second-order valence-corrected chi connectivity index (χ2v) is 11.2. The number of hydrogen-bond donors (Lipinski definition) is 5. The van der Waals surface area contributed by atoms with Crippen molar-refractivity contribution in [1.29, 1.82) is 0 Å². The number of benzene rings is 1. The molecular formula is C30H39N3O7. The number of carbonyl (C=O) groups is 4. The van der Waals surface area contributed by atoms with Crippen molar-refractivity contribution in [3.63, 3.8) is 0 Å². The van der Waals surface area contributed by atoms with Crippen LogP contribution >= 0.6 is 0 Å². The zero-order valence-corrected chi connectivity index (χ0v) is 23.1. The number of amides is 3. The number of carbonyl (C=O) groups excluding carboxylic acids is 4. The van der Waals surface area contributed by atoms with Gasteiger partial charge in [0.05, 0.1) is 29.7 Å². The number of aliphatic hydroxyl groups excluding tert-OH is 1. The Morgan fingerprint density at radius 2 is 1.80 bits per heavy atom. The Labute approximate surface area is 234 Å². The van der Waals surface area contributed by atoms with Crippen LogP contribution < -0.4 is 16.0 Å². The van der Waals surface area contributed by atoms with E-state index < -0.39 is 59.9 Å². The molecule has 216 valence electrons. The van der Waals surface area contributed by atoms with Crippen LogP contribution in [0.15, 0.2) is 48.1 Å². The molecule has 2 fully saturated rings. The SMILES string of the molecule is CC1CC=CC=C1C[C@@H]1NC(=O)[C@@H](NC(=O)c2ccccc2O)[C@@H](C)NC(=O)C(C2CCC2)OC(=O)[C@H](C)[C@@H]1O. The summed E-state index contributed by atoms with van der Waals surface area (Å²) in [7, 11) is 0. The van der Waals surface area contributed by atoms with E-state index in [1.807, 2.05) is 25.2 Å². The first-order chi connectivity index (χ1) is 19.1. The number of para-hydroxylation sites is 1. The molecule has 2 aliphatic carbocycles. The molecule has 10 heteroatoms. The Balaban J connectivity index is 1.67. The monoisotopic (exact) mass is 553 g/mol. The Kier molecular flexibility index (Phi) is 9.29. The van der Waals surface area contributed by atoms with Crippen molar-refractivity contribution >= 4 is 23.7 Å². The van der Waals surface area contributed by atoms with Crippen LogP contribution in [0.4, 0.5) is 0 Å². The zero-order chi connectivity index (χ0) is 29.0. The summed E-state index contributed by atoms with van der Waals surface area (Å²) >= 11 is 0. The first-order valence-corrected chi connectivity index (χ1v) is 14.0. The van der Waals surface area contributed by atoms with Crippen LogP contribution in [0.3, 0.4) is 0 Å². The maximum Gasteiger partial charge on any atom is 0.312 e. The summed E-state index contributed by atoms with van der Waals surface area (Å²) in [5.41, 5.74) is 0.974. The van der Waals surface area contributed by atoms with E-state index in [0.29, 0.717) is 12.8 Å². The summed E-state index contributed by atoms with van der Waals surface area (Å²) in [5, 5.41) is 29.8. The molecule has 10 nitrogen and oxygen atoms in total. The molecule has 0 spiro atoms. The number of nitrogens with one attached hydrogen (secondary N) is 3. The highest BCUT2D eigenvalue weighted by Gasteiger charge is 2.42. The van der Waals surface area contributed by atoms with Gasteiger partial charge in [0.1, 0.15) is 11.8 Å². The van der Waals surface area contributed by atoms with Gasteiger partial charge in [0.25, 0.3) is 11.8 Å². The predicted octanol–water partition coefficient (Wildman–Crippen LogP) is 2.12. The molecular weight excluding hydrogens is 514 g/mol. The topological polar surface area (TPSA) is 154 Å². The van der Waals surface area contributed by atoms with Crippen molar-refractivity contribution in [2.45, 2.75) is 83.2 Å². The molecule has 0 aromatic heterocycles. The van der Waals surface area contributed by atoms with Crippen LogP contribution in [0.5, 0.6) is 5.75 Å². The van der Waals surface area contributed by atoms with Gasteiger partial charge in [-0.15, -0.1) is 0 Å². The quantitative estimate of drug-likeness (QED) is 0.350. The lowest BCUT2D eigenvalue weighted by atomic mass is 9.80. The average molecular weight is 554 g/mol. The van der Waals surface area contributed by atoms with E-state index in [1.54, 1.807) is 19.1 Å².